The Morgan fingerprint density at radius 2 is 1.83 bits per heavy atom. The van der Waals surface area contributed by atoms with Gasteiger partial charge in [0.05, 0.1) is 6.10 Å². The van der Waals surface area contributed by atoms with Crippen molar-refractivity contribution in [3.63, 3.8) is 0 Å². The van der Waals surface area contributed by atoms with Gasteiger partial charge in [0.1, 0.15) is 0 Å². The largest absolute Gasteiger partial charge is 0.396 e. The minimum atomic E-state index is -0.113. The van der Waals surface area contributed by atoms with Crippen molar-refractivity contribution in [1.82, 2.24) is 0 Å². The topological polar surface area (TPSA) is 40.5 Å². The van der Waals surface area contributed by atoms with Gasteiger partial charge in [-0.3, -0.25) is 0 Å². The van der Waals surface area contributed by atoms with E-state index in [2.05, 4.69) is 6.92 Å². The first-order chi connectivity index (χ1) is 5.74. The Morgan fingerprint density at radius 1 is 1.25 bits per heavy atom. The summed E-state index contributed by atoms with van der Waals surface area (Å²) in [5.74, 6) is 0.928. The van der Waals surface area contributed by atoms with Crippen LogP contribution < -0.4 is 0 Å². The summed E-state index contributed by atoms with van der Waals surface area (Å²) in [5.41, 5.74) is 0. The molecule has 12 heavy (non-hydrogen) atoms. The molecule has 3 atom stereocenters. The summed E-state index contributed by atoms with van der Waals surface area (Å²) in [4.78, 5) is 0. The van der Waals surface area contributed by atoms with Gasteiger partial charge in [0.15, 0.2) is 0 Å². The second kappa shape index (κ2) is 6.44. The molecule has 1 aliphatic carbocycles. The average molecular weight is 174 g/mol. The Labute approximate surface area is 75.6 Å². The second-order valence-electron chi connectivity index (χ2n) is 3.39. The lowest BCUT2D eigenvalue weighted by Gasteiger charge is -2.30. The van der Waals surface area contributed by atoms with Gasteiger partial charge in [-0.1, -0.05) is 20.8 Å². The third-order valence-corrected chi connectivity index (χ3v) is 2.55. The predicted molar refractivity (Wildman–Crippen MR) is 50.9 cm³/mol. The van der Waals surface area contributed by atoms with E-state index in [1.54, 1.807) is 0 Å². The third kappa shape index (κ3) is 3.55. The zero-order valence-corrected chi connectivity index (χ0v) is 8.45. The molecule has 1 fully saturated rings. The molecule has 0 bridgehead atoms. The lowest BCUT2D eigenvalue weighted by Crippen LogP contribution is -2.27. The molecule has 2 nitrogen and oxygen atoms in total. The van der Waals surface area contributed by atoms with Crippen molar-refractivity contribution in [2.45, 2.75) is 46.1 Å². The summed E-state index contributed by atoms with van der Waals surface area (Å²) in [5, 5.41) is 18.1. The number of aliphatic hydroxyl groups excluding tert-OH is 2. The standard InChI is InChI=1S/C8H16O2.C2H6/c1-6-4-8(10)3-2-7(6)5-9;1-2/h6-10H,2-5H2,1H3;1-2H3. The van der Waals surface area contributed by atoms with Crippen LogP contribution in [-0.2, 0) is 0 Å². The molecule has 0 spiro atoms. The van der Waals surface area contributed by atoms with Crippen molar-refractivity contribution in [3.05, 3.63) is 0 Å². The molecule has 0 aromatic carbocycles. The van der Waals surface area contributed by atoms with Gasteiger partial charge >= 0.3 is 0 Å². The van der Waals surface area contributed by atoms with E-state index in [9.17, 15) is 5.11 Å². The Kier molecular flexibility index (Phi) is 6.39. The van der Waals surface area contributed by atoms with Gasteiger partial charge in [-0.05, 0) is 31.1 Å². The van der Waals surface area contributed by atoms with E-state index in [1.165, 1.54) is 0 Å². The molecular weight excluding hydrogens is 152 g/mol. The quantitative estimate of drug-likeness (QED) is 0.636. The molecule has 0 heterocycles. The first kappa shape index (κ1) is 11.9. The Hall–Kier alpha value is -0.0800. The van der Waals surface area contributed by atoms with Crippen LogP contribution in [0.15, 0.2) is 0 Å². The van der Waals surface area contributed by atoms with Gasteiger partial charge in [0.2, 0.25) is 0 Å². The van der Waals surface area contributed by atoms with E-state index >= 15 is 0 Å². The highest BCUT2D eigenvalue weighted by atomic mass is 16.3. The summed E-state index contributed by atoms with van der Waals surface area (Å²) >= 11 is 0. The van der Waals surface area contributed by atoms with Crippen LogP contribution in [0.25, 0.3) is 0 Å². The van der Waals surface area contributed by atoms with Gasteiger partial charge in [-0.25, -0.2) is 0 Å². The monoisotopic (exact) mass is 174 g/mol. The van der Waals surface area contributed by atoms with Crippen molar-refractivity contribution in [3.8, 4) is 0 Å². The third-order valence-electron chi connectivity index (χ3n) is 2.55. The zero-order valence-electron chi connectivity index (χ0n) is 8.45. The minimum Gasteiger partial charge on any atom is -0.396 e. The molecule has 0 amide bonds. The molecule has 1 rings (SSSR count). The van der Waals surface area contributed by atoms with Crippen LogP contribution >= 0.6 is 0 Å². The van der Waals surface area contributed by atoms with E-state index in [4.69, 9.17) is 5.11 Å². The summed E-state index contributed by atoms with van der Waals surface area (Å²) in [6.07, 6.45) is 2.61. The normalized spacial score (nSPS) is 35.2. The first-order valence-corrected chi connectivity index (χ1v) is 5.03. The number of aliphatic hydroxyl groups is 2. The SMILES string of the molecule is CC.CC1CC(O)CCC1CO. The highest BCUT2D eigenvalue weighted by molar-refractivity contribution is 4.76. The number of hydrogen-bond acceptors (Lipinski definition) is 2. The smallest absolute Gasteiger partial charge is 0.0543 e. The van der Waals surface area contributed by atoms with Crippen LogP contribution in [0, 0.1) is 11.8 Å². The molecule has 2 heteroatoms. The van der Waals surface area contributed by atoms with Crippen molar-refractivity contribution >= 4 is 0 Å². The summed E-state index contributed by atoms with van der Waals surface area (Å²) < 4.78 is 0. The maximum absolute atomic E-state index is 9.21. The van der Waals surface area contributed by atoms with Crippen LogP contribution in [0.5, 0.6) is 0 Å². The van der Waals surface area contributed by atoms with Crippen molar-refractivity contribution < 1.29 is 10.2 Å². The molecule has 0 aromatic rings. The molecule has 0 saturated heterocycles. The second-order valence-corrected chi connectivity index (χ2v) is 3.39. The van der Waals surface area contributed by atoms with Crippen molar-refractivity contribution in [2.24, 2.45) is 11.8 Å². The Balaban J connectivity index is 0.000000561. The highest BCUT2D eigenvalue weighted by Gasteiger charge is 2.25. The van der Waals surface area contributed by atoms with E-state index in [-0.39, 0.29) is 12.7 Å². The van der Waals surface area contributed by atoms with Crippen LogP contribution in [0.4, 0.5) is 0 Å². The van der Waals surface area contributed by atoms with Gasteiger partial charge < -0.3 is 10.2 Å². The van der Waals surface area contributed by atoms with E-state index in [0.29, 0.717) is 11.8 Å². The molecule has 0 aliphatic heterocycles. The van der Waals surface area contributed by atoms with Gasteiger partial charge in [0.25, 0.3) is 0 Å². The van der Waals surface area contributed by atoms with Crippen LogP contribution in [0.1, 0.15) is 40.0 Å². The van der Waals surface area contributed by atoms with Crippen molar-refractivity contribution in [1.29, 1.82) is 0 Å². The maximum atomic E-state index is 9.21. The molecule has 2 N–H and O–H groups in total. The minimum absolute atomic E-state index is 0.113. The zero-order chi connectivity index (χ0) is 9.56. The Bertz CT molecular complexity index is 104. The average Bonchev–Trinajstić information content (AvgIpc) is 2.08. The van der Waals surface area contributed by atoms with E-state index in [0.717, 1.165) is 19.3 Å². The summed E-state index contributed by atoms with van der Waals surface area (Å²) in [6.45, 7) is 6.39. The van der Waals surface area contributed by atoms with Gasteiger partial charge in [0, 0.05) is 6.61 Å². The summed E-state index contributed by atoms with van der Waals surface area (Å²) in [7, 11) is 0. The van der Waals surface area contributed by atoms with Gasteiger partial charge in [-0.2, -0.15) is 0 Å². The molecule has 0 radical (unpaired) electrons. The Morgan fingerprint density at radius 3 is 2.25 bits per heavy atom. The fourth-order valence-electron chi connectivity index (χ4n) is 1.70. The molecule has 0 aromatic heterocycles. The molecular formula is C10H22O2. The maximum Gasteiger partial charge on any atom is 0.0543 e. The fourth-order valence-corrected chi connectivity index (χ4v) is 1.70. The number of hydrogen-bond donors (Lipinski definition) is 2. The first-order valence-electron chi connectivity index (χ1n) is 5.03. The molecule has 1 aliphatic rings. The van der Waals surface area contributed by atoms with Crippen LogP contribution in [0.2, 0.25) is 0 Å². The van der Waals surface area contributed by atoms with E-state index < -0.39 is 0 Å². The lowest BCUT2D eigenvalue weighted by atomic mass is 9.79. The van der Waals surface area contributed by atoms with E-state index in [1.807, 2.05) is 13.8 Å². The highest BCUT2D eigenvalue weighted by Crippen LogP contribution is 2.29. The van der Waals surface area contributed by atoms with Gasteiger partial charge in [-0.15, -0.1) is 0 Å². The fraction of sp³-hybridized carbons (Fsp3) is 1.00. The van der Waals surface area contributed by atoms with Crippen LogP contribution in [0.3, 0.4) is 0 Å². The predicted octanol–water partition coefficient (Wildman–Crippen LogP) is 1.80. The lowest BCUT2D eigenvalue weighted by molar-refractivity contribution is 0.0514. The molecule has 1 saturated carbocycles. The molecule has 74 valence electrons. The van der Waals surface area contributed by atoms with Crippen molar-refractivity contribution in [2.75, 3.05) is 6.61 Å². The summed E-state index contributed by atoms with van der Waals surface area (Å²) in [6, 6.07) is 0. The number of rotatable bonds is 1. The van der Waals surface area contributed by atoms with Crippen LogP contribution in [-0.4, -0.2) is 22.9 Å². The molecule has 3 unspecified atom stereocenters.